The summed E-state index contributed by atoms with van der Waals surface area (Å²) in [5.41, 5.74) is 0. The van der Waals surface area contributed by atoms with Crippen LogP contribution in [0.4, 0.5) is 57.2 Å². The van der Waals surface area contributed by atoms with Crippen LogP contribution < -0.4 is 0 Å². The van der Waals surface area contributed by atoms with Crippen LogP contribution in [-0.2, 0) is 9.74 Å². The van der Waals surface area contributed by atoms with Crippen molar-refractivity contribution in [2.45, 2.75) is 36.0 Å². The molecule has 0 aliphatic heterocycles. The number of rotatable bonds is 6. The van der Waals surface area contributed by atoms with Crippen molar-refractivity contribution in [3.63, 3.8) is 0 Å². The van der Waals surface area contributed by atoms with E-state index in [9.17, 15) is 62.0 Å². The Bertz CT molecular complexity index is 434. The van der Waals surface area contributed by atoms with E-state index in [4.69, 9.17) is 0 Å². The zero-order chi connectivity index (χ0) is 18.4. The zero-order valence-electron chi connectivity index (χ0n) is 9.31. The summed E-state index contributed by atoms with van der Waals surface area (Å²) in [6.45, 7) is 0. The van der Waals surface area contributed by atoms with Crippen LogP contribution in [0.1, 0.15) is 0 Å². The summed E-state index contributed by atoms with van der Waals surface area (Å²) in [7, 11) is 0. The summed E-state index contributed by atoms with van der Waals surface area (Å²) in [5.74, 6) is -41.7. The fourth-order valence-electron chi connectivity index (χ4n) is 0.917. The number of carbonyl (C=O) groups excluding carboxylic acids is 1. The Balaban J connectivity index is 0. The Kier molecular flexibility index (Phi) is 7.35. The molecule has 0 aromatic carbocycles. The predicted molar refractivity (Wildman–Crippen MR) is 45.1 cm³/mol. The van der Waals surface area contributed by atoms with Crippen LogP contribution in [0.15, 0.2) is 0 Å². The molecule has 0 spiro atoms. The van der Waals surface area contributed by atoms with Gasteiger partial charge in [0.25, 0.3) is 0 Å². The molecule has 0 heterocycles. The van der Waals surface area contributed by atoms with Crippen molar-refractivity contribution in [1.29, 1.82) is 0 Å². The molecule has 23 heavy (non-hydrogen) atoms. The summed E-state index contributed by atoms with van der Waals surface area (Å²) >= 11 is 0. The van der Waals surface area contributed by atoms with Crippen molar-refractivity contribution < 1.29 is 66.9 Å². The van der Waals surface area contributed by atoms with Crippen LogP contribution in [0.3, 0.4) is 0 Å². The molecule has 0 saturated heterocycles. The van der Waals surface area contributed by atoms with Gasteiger partial charge in [0.1, 0.15) is 0 Å². The second kappa shape index (κ2) is 6.82. The molecule has 16 heteroatoms. The van der Waals surface area contributed by atoms with Gasteiger partial charge in [-0.25, -0.2) is 18.5 Å². The van der Waals surface area contributed by atoms with Gasteiger partial charge in [0, 0.05) is 4.53 Å². The van der Waals surface area contributed by atoms with Crippen LogP contribution in [-0.4, -0.2) is 71.6 Å². The van der Waals surface area contributed by atoms with Gasteiger partial charge < -0.3 is 0 Å². The Morgan fingerprint density at radius 2 is 1.09 bits per heavy atom. The maximum atomic E-state index is 12.7. The van der Waals surface area contributed by atoms with Crippen LogP contribution in [0, 0.1) is 0 Å². The number of hydrogen-bond acceptors (Lipinski definition) is 2. The molecule has 0 fully saturated rings. The monoisotopic (exact) mass is 388 g/mol. The Hall–Kier alpha value is -0.440. The van der Waals surface area contributed by atoms with Crippen LogP contribution >= 0.6 is 0 Å². The van der Waals surface area contributed by atoms with Crippen molar-refractivity contribution >= 4 is 35.5 Å². The van der Waals surface area contributed by atoms with E-state index in [0.717, 1.165) is 0 Å². The molecule has 0 unspecified atom stereocenters. The molecule has 0 rings (SSSR count). The SMILES string of the molecule is O=C(OF)C(F)(F)C(F)(F)C(F)(F)C(F)(F)C(F)(F)C(F)F.[NaH]. The molecule has 0 radical (unpaired) electrons. The van der Waals surface area contributed by atoms with Gasteiger partial charge >= 0.3 is 71.6 Å². The molecular weight excluding hydrogens is 386 g/mol. The van der Waals surface area contributed by atoms with Crippen LogP contribution in [0.5, 0.6) is 0 Å². The third kappa shape index (κ3) is 3.36. The van der Waals surface area contributed by atoms with E-state index in [1.807, 2.05) is 0 Å². The van der Waals surface area contributed by atoms with E-state index in [-0.39, 0.29) is 29.6 Å². The number of halogens is 13. The first-order chi connectivity index (χ1) is 9.42. The number of carbonyl (C=O) groups is 1. The third-order valence-corrected chi connectivity index (χ3v) is 2.20. The van der Waals surface area contributed by atoms with Gasteiger partial charge in [-0.3, -0.25) is 0 Å². The average Bonchev–Trinajstić information content (AvgIpc) is 2.36. The van der Waals surface area contributed by atoms with Gasteiger partial charge in [0.05, 0.1) is 0 Å². The summed E-state index contributed by atoms with van der Waals surface area (Å²) in [4.78, 5) is 11.4. The first kappa shape index (κ1) is 24.8. The molecule has 0 aliphatic carbocycles. The summed E-state index contributed by atoms with van der Waals surface area (Å²) in [6.07, 6.45) is -5.66. The molecule has 0 aromatic rings. The van der Waals surface area contributed by atoms with Crippen molar-refractivity contribution in [3.05, 3.63) is 0 Å². The van der Waals surface area contributed by atoms with Gasteiger partial charge in [-0.2, -0.15) is 43.9 Å². The van der Waals surface area contributed by atoms with E-state index in [2.05, 4.69) is 0 Å². The van der Waals surface area contributed by atoms with E-state index in [1.165, 1.54) is 4.94 Å². The van der Waals surface area contributed by atoms with E-state index in [1.54, 1.807) is 0 Å². The van der Waals surface area contributed by atoms with Crippen LogP contribution in [0.25, 0.3) is 0 Å². The van der Waals surface area contributed by atoms with Gasteiger partial charge in [0.2, 0.25) is 0 Å². The molecule has 0 aliphatic rings. The summed E-state index contributed by atoms with van der Waals surface area (Å²) in [6, 6.07) is 0. The van der Waals surface area contributed by atoms with E-state index in [0.29, 0.717) is 0 Å². The normalized spacial score (nSPS) is 14.5. The maximum absolute atomic E-state index is 12.7. The second-order valence-electron chi connectivity index (χ2n) is 3.59. The minimum atomic E-state index is -7.89. The molecule has 0 bridgehead atoms. The van der Waals surface area contributed by atoms with Crippen molar-refractivity contribution in [1.82, 2.24) is 0 Å². The Morgan fingerprint density at radius 1 is 0.739 bits per heavy atom. The van der Waals surface area contributed by atoms with Gasteiger partial charge in [-0.05, 0) is 0 Å². The van der Waals surface area contributed by atoms with Gasteiger partial charge in [-0.15, -0.1) is 0 Å². The molecule has 0 aromatic heterocycles. The number of alkyl halides is 12. The number of hydrogen-bond donors (Lipinski definition) is 0. The molecule has 0 saturated carbocycles. The van der Waals surface area contributed by atoms with Crippen molar-refractivity contribution in [2.75, 3.05) is 0 Å². The molecule has 0 amide bonds. The molecular formula is C7H2F13NaO2. The summed E-state index contributed by atoms with van der Waals surface area (Å²) in [5, 5.41) is 0. The third-order valence-electron chi connectivity index (χ3n) is 2.20. The van der Waals surface area contributed by atoms with Gasteiger partial charge in [0.15, 0.2) is 0 Å². The summed E-state index contributed by atoms with van der Waals surface area (Å²) < 4.78 is 160. The molecule has 0 atom stereocenters. The van der Waals surface area contributed by atoms with Crippen molar-refractivity contribution in [2.24, 2.45) is 0 Å². The predicted octanol–water partition coefficient (Wildman–Crippen LogP) is 3.21. The molecule has 2 nitrogen and oxygen atoms in total. The van der Waals surface area contributed by atoms with Gasteiger partial charge in [-0.1, -0.05) is 0 Å². The minimum absolute atomic E-state index is 0. The van der Waals surface area contributed by atoms with E-state index >= 15 is 0 Å². The fourth-order valence-corrected chi connectivity index (χ4v) is 0.917. The first-order valence-corrected chi connectivity index (χ1v) is 4.43. The average molecular weight is 388 g/mol. The molecule has 0 N–H and O–H groups in total. The molecule has 134 valence electrons. The standard InChI is InChI=1S/C7HF13O2.Na.H/c8-1(9)3(10,11)5(14,15)7(18,19)6(16,17)4(12,13)2(21)22-20;;/h1H;;. The zero-order valence-corrected chi connectivity index (χ0v) is 9.31. The second-order valence-corrected chi connectivity index (χ2v) is 3.59. The quantitative estimate of drug-likeness (QED) is 0.516. The first-order valence-electron chi connectivity index (χ1n) is 4.43. The Morgan fingerprint density at radius 3 is 1.35 bits per heavy atom. The Labute approximate surface area is 139 Å². The fraction of sp³-hybridized carbons (Fsp3) is 0.857. The topological polar surface area (TPSA) is 26.3 Å². The van der Waals surface area contributed by atoms with E-state index < -0.39 is 42.0 Å². The van der Waals surface area contributed by atoms with Crippen molar-refractivity contribution in [3.8, 4) is 0 Å². The van der Waals surface area contributed by atoms with Crippen LogP contribution in [0.2, 0.25) is 0 Å².